The minimum atomic E-state index is -0.0818. The highest BCUT2D eigenvalue weighted by Gasteiger charge is 2.09. The number of anilines is 2. The molecule has 0 fully saturated rings. The molecule has 1 aromatic rings. The van der Waals surface area contributed by atoms with Crippen LogP contribution in [0.4, 0.5) is 11.4 Å². The smallest absolute Gasteiger partial charge is 0.238 e. The van der Waals surface area contributed by atoms with Gasteiger partial charge in [-0.3, -0.25) is 9.69 Å². The number of nitrogens with one attached hydrogen (secondary N) is 1. The van der Waals surface area contributed by atoms with Gasteiger partial charge in [0.1, 0.15) is 0 Å². The average molecular weight is 251 g/mol. The first-order valence-electron chi connectivity index (χ1n) is 6.14. The molecular weight excluding hydrogens is 230 g/mol. The van der Waals surface area contributed by atoms with Gasteiger partial charge in [-0.25, -0.2) is 0 Å². The fraction of sp³-hybridized carbons (Fsp3) is 0.462. The van der Waals surface area contributed by atoms with Crippen LogP contribution >= 0.6 is 0 Å². The first-order valence-corrected chi connectivity index (χ1v) is 6.14. The second-order valence-electron chi connectivity index (χ2n) is 4.17. The molecule has 5 nitrogen and oxygen atoms in total. The number of carbonyl (C=O) groups is 1. The maximum atomic E-state index is 11.8. The van der Waals surface area contributed by atoms with Crippen molar-refractivity contribution in [2.24, 2.45) is 0 Å². The third kappa shape index (κ3) is 5.16. The molecule has 4 N–H and O–H groups in total. The Labute approximate surface area is 108 Å². The molecule has 0 radical (unpaired) electrons. The number of hydrogen-bond donors (Lipinski definition) is 3. The van der Waals surface area contributed by atoms with Gasteiger partial charge in [0.25, 0.3) is 0 Å². The van der Waals surface area contributed by atoms with E-state index >= 15 is 0 Å². The summed E-state index contributed by atoms with van der Waals surface area (Å²) >= 11 is 0. The Morgan fingerprint density at radius 2 is 2.00 bits per heavy atom. The van der Waals surface area contributed by atoms with Crippen molar-refractivity contribution < 1.29 is 9.90 Å². The van der Waals surface area contributed by atoms with E-state index in [1.165, 1.54) is 0 Å². The van der Waals surface area contributed by atoms with Crippen LogP contribution in [0, 0.1) is 0 Å². The summed E-state index contributed by atoms with van der Waals surface area (Å²) in [6, 6.07) is 7.02. The molecule has 0 aliphatic carbocycles. The van der Waals surface area contributed by atoms with E-state index in [9.17, 15) is 4.79 Å². The second kappa shape index (κ2) is 7.68. The molecule has 0 bridgehead atoms. The van der Waals surface area contributed by atoms with Gasteiger partial charge in [-0.1, -0.05) is 6.92 Å². The van der Waals surface area contributed by atoms with E-state index in [0.29, 0.717) is 18.8 Å². The number of nitrogens with two attached hydrogens (primary N) is 1. The normalized spacial score (nSPS) is 10.6. The van der Waals surface area contributed by atoms with E-state index in [0.717, 1.165) is 18.7 Å². The van der Waals surface area contributed by atoms with Crippen molar-refractivity contribution in [1.82, 2.24) is 4.90 Å². The largest absolute Gasteiger partial charge is 0.399 e. The van der Waals surface area contributed by atoms with Crippen LogP contribution < -0.4 is 11.1 Å². The second-order valence-corrected chi connectivity index (χ2v) is 4.17. The first kappa shape index (κ1) is 14.5. The molecule has 0 spiro atoms. The molecular formula is C13H21N3O2. The van der Waals surface area contributed by atoms with Crippen molar-refractivity contribution in [1.29, 1.82) is 0 Å². The Hall–Kier alpha value is -1.59. The summed E-state index contributed by atoms with van der Waals surface area (Å²) in [4.78, 5) is 13.7. The van der Waals surface area contributed by atoms with Crippen LogP contribution in [0.2, 0.25) is 0 Å². The lowest BCUT2D eigenvalue weighted by Crippen LogP contribution is -2.35. The molecule has 1 amide bonds. The standard InChI is InChI=1S/C13H21N3O2/c1-2-7-16(8-9-17)10-13(18)15-12-5-3-11(14)4-6-12/h3-6,17H,2,7-10,14H2,1H3,(H,15,18). The summed E-state index contributed by atoms with van der Waals surface area (Å²) < 4.78 is 0. The monoisotopic (exact) mass is 251 g/mol. The summed E-state index contributed by atoms with van der Waals surface area (Å²) in [6.45, 7) is 3.72. The van der Waals surface area contributed by atoms with Crippen LogP contribution in [0.15, 0.2) is 24.3 Å². The van der Waals surface area contributed by atoms with Gasteiger partial charge in [-0.15, -0.1) is 0 Å². The van der Waals surface area contributed by atoms with Crippen LogP contribution in [0.5, 0.6) is 0 Å². The number of hydrogen-bond acceptors (Lipinski definition) is 4. The predicted molar refractivity (Wildman–Crippen MR) is 73.3 cm³/mol. The SMILES string of the molecule is CCCN(CCO)CC(=O)Nc1ccc(N)cc1. The van der Waals surface area contributed by atoms with Crippen LogP contribution in [0.1, 0.15) is 13.3 Å². The molecule has 1 aromatic carbocycles. The predicted octanol–water partition coefficient (Wildman–Crippen LogP) is 0.912. The highest BCUT2D eigenvalue weighted by molar-refractivity contribution is 5.92. The summed E-state index contributed by atoms with van der Waals surface area (Å²) in [5.41, 5.74) is 6.97. The summed E-state index contributed by atoms with van der Waals surface area (Å²) in [6.07, 6.45) is 0.954. The van der Waals surface area contributed by atoms with Gasteiger partial charge in [0, 0.05) is 17.9 Å². The van der Waals surface area contributed by atoms with Gasteiger partial charge < -0.3 is 16.2 Å². The Morgan fingerprint density at radius 1 is 1.33 bits per heavy atom. The van der Waals surface area contributed by atoms with Crippen LogP contribution in [0.3, 0.4) is 0 Å². The lowest BCUT2D eigenvalue weighted by atomic mass is 10.3. The third-order valence-electron chi connectivity index (χ3n) is 2.52. The number of amides is 1. The Bertz CT molecular complexity index is 359. The maximum absolute atomic E-state index is 11.8. The third-order valence-corrected chi connectivity index (χ3v) is 2.52. The molecule has 0 heterocycles. The van der Waals surface area contributed by atoms with Crippen molar-refractivity contribution in [2.75, 3.05) is 37.3 Å². The number of nitrogen functional groups attached to an aromatic ring is 1. The van der Waals surface area contributed by atoms with E-state index in [2.05, 4.69) is 5.32 Å². The van der Waals surface area contributed by atoms with Gasteiger partial charge in [0.05, 0.1) is 13.2 Å². The van der Waals surface area contributed by atoms with E-state index in [1.54, 1.807) is 24.3 Å². The summed E-state index contributed by atoms with van der Waals surface area (Å²) in [7, 11) is 0. The van der Waals surface area contributed by atoms with Crippen LogP contribution in [-0.4, -0.2) is 42.2 Å². The van der Waals surface area contributed by atoms with Gasteiger partial charge in [0.15, 0.2) is 0 Å². The topological polar surface area (TPSA) is 78.6 Å². The van der Waals surface area contributed by atoms with Crippen molar-refractivity contribution in [3.05, 3.63) is 24.3 Å². The molecule has 0 atom stereocenters. The zero-order chi connectivity index (χ0) is 13.4. The number of aliphatic hydroxyl groups is 1. The first-order chi connectivity index (χ1) is 8.65. The van der Waals surface area contributed by atoms with E-state index in [4.69, 9.17) is 10.8 Å². The molecule has 1 rings (SSSR count). The number of benzene rings is 1. The number of carbonyl (C=O) groups excluding carboxylic acids is 1. The van der Waals surface area contributed by atoms with E-state index in [1.807, 2.05) is 11.8 Å². The highest BCUT2D eigenvalue weighted by Crippen LogP contribution is 2.10. The molecule has 100 valence electrons. The average Bonchev–Trinajstić information content (AvgIpc) is 2.33. The number of aliphatic hydroxyl groups excluding tert-OH is 1. The quantitative estimate of drug-likeness (QED) is 0.629. The molecule has 18 heavy (non-hydrogen) atoms. The van der Waals surface area contributed by atoms with Gasteiger partial charge in [-0.05, 0) is 37.2 Å². The van der Waals surface area contributed by atoms with Crippen LogP contribution in [0.25, 0.3) is 0 Å². The molecule has 0 aliphatic heterocycles. The molecule has 0 aromatic heterocycles. The fourth-order valence-corrected chi connectivity index (χ4v) is 1.70. The minimum absolute atomic E-state index is 0.0646. The van der Waals surface area contributed by atoms with E-state index < -0.39 is 0 Å². The zero-order valence-corrected chi connectivity index (χ0v) is 10.7. The molecule has 0 saturated heterocycles. The Morgan fingerprint density at radius 3 is 2.56 bits per heavy atom. The highest BCUT2D eigenvalue weighted by atomic mass is 16.3. The minimum Gasteiger partial charge on any atom is -0.399 e. The van der Waals surface area contributed by atoms with E-state index in [-0.39, 0.29) is 12.5 Å². The molecule has 0 aliphatic rings. The fourth-order valence-electron chi connectivity index (χ4n) is 1.70. The van der Waals surface area contributed by atoms with Crippen molar-refractivity contribution in [3.63, 3.8) is 0 Å². The lowest BCUT2D eigenvalue weighted by molar-refractivity contribution is -0.117. The number of rotatable bonds is 7. The summed E-state index contributed by atoms with van der Waals surface area (Å²) in [5, 5.41) is 11.7. The van der Waals surface area contributed by atoms with Crippen molar-refractivity contribution in [3.8, 4) is 0 Å². The maximum Gasteiger partial charge on any atom is 0.238 e. The van der Waals surface area contributed by atoms with Crippen molar-refractivity contribution >= 4 is 17.3 Å². The summed E-state index contributed by atoms with van der Waals surface area (Å²) in [5.74, 6) is -0.0818. The van der Waals surface area contributed by atoms with Gasteiger partial charge in [0.2, 0.25) is 5.91 Å². The van der Waals surface area contributed by atoms with Crippen LogP contribution in [-0.2, 0) is 4.79 Å². The number of nitrogens with zero attached hydrogens (tertiary/aromatic N) is 1. The van der Waals surface area contributed by atoms with Crippen molar-refractivity contribution in [2.45, 2.75) is 13.3 Å². The molecule has 0 unspecified atom stereocenters. The van der Waals surface area contributed by atoms with Gasteiger partial charge >= 0.3 is 0 Å². The molecule has 5 heteroatoms. The molecule has 0 saturated carbocycles. The lowest BCUT2D eigenvalue weighted by Gasteiger charge is -2.19. The van der Waals surface area contributed by atoms with Gasteiger partial charge in [-0.2, -0.15) is 0 Å². The zero-order valence-electron chi connectivity index (χ0n) is 10.7. The Kier molecular flexibility index (Phi) is 6.18. The Balaban J connectivity index is 2.46.